The number of fused-ring (bicyclic) bond motifs is 2. The van der Waals surface area contributed by atoms with Crippen molar-refractivity contribution >= 4 is 22.8 Å². The van der Waals surface area contributed by atoms with Crippen molar-refractivity contribution in [3.05, 3.63) is 53.6 Å². The lowest BCUT2D eigenvalue weighted by atomic mass is 10.0. The van der Waals surface area contributed by atoms with Crippen molar-refractivity contribution < 1.29 is 27.5 Å². The fourth-order valence-corrected chi connectivity index (χ4v) is 4.79. The van der Waals surface area contributed by atoms with Gasteiger partial charge in [0.05, 0.1) is 5.52 Å². The Hall–Kier alpha value is -3.63. The Labute approximate surface area is 192 Å². The first-order valence-corrected chi connectivity index (χ1v) is 11.0. The van der Waals surface area contributed by atoms with Crippen molar-refractivity contribution in [1.29, 1.82) is 0 Å². The van der Waals surface area contributed by atoms with Crippen LogP contribution in [0.1, 0.15) is 22.3 Å². The van der Waals surface area contributed by atoms with Crippen molar-refractivity contribution in [2.24, 2.45) is 11.8 Å². The summed E-state index contributed by atoms with van der Waals surface area (Å²) >= 11 is 0. The molecule has 3 aromatic rings. The van der Waals surface area contributed by atoms with Gasteiger partial charge < -0.3 is 14.5 Å². The minimum atomic E-state index is -4.73. The Kier molecular flexibility index (Phi) is 5.62. The van der Waals surface area contributed by atoms with Gasteiger partial charge in [0.25, 0.3) is 5.91 Å². The van der Waals surface area contributed by atoms with E-state index in [1.54, 1.807) is 18.2 Å². The molecule has 1 N–H and O–H groups in total. The predicted octanol–water partition coefficient (Wildman–Crippen LogP) is 3.02. The first-order valence-electron chi connectivity index (χ1n) is 11.0. The zero-order valence-corrected chi connectivity index (χ0v) is 18.1. The number of hydrogen-bond donors (Lipinski definition) is 1. The van der Waals surface area contributed by atoms with Gasteiger partial charge in [0.15, 0.2) is 0 Å². The molecule has 2 unspecified atom stereocenters. The molecule has 2 atom stereocenters. The molecule has 0 aliphatic carbocycles. The third-order valence-electron chi connectivity index (χ3n) is 6.48. The number of alkyl halides is 3. The number of H-pyrrole nitrogens is 1. The highest BCUT2D eigenvalue weighted by Gasteiger charge is 2.43. The van der Waals surface area contributed by atoms with E-state index in [-0.39, 0.29) is 35.8 Å². The van der Waals surface area contributed by atoms with Gasteiger partial charge in [-0.2, -0.15) is 0 Å². The summed E-state index contributed by atoms with van der Waals surface area (Å²) in [5.41, 5.74) is 2.75. The first kappa shape index (κ1) is 22.2. The van der Waals surface area contributed by atoms with Crippen molar-refractivity contribution in [3.8, 4) is 5.75 Å². The van der Waals surface area contributed by atoms with E-state index in [2.05, 4.69) is 20.1 Å². The number of likely N-dealkylation sites (tertiary alicyclic amines) is 2. The molecule has 34 heavy (non-hydrogen) atoms. The molecule has 3 heterocycles. The molecule has 0 bridgehead atoms. The van der Waals surface area contributed by atoms with Crippen molar-refractivity contribution in [1.82, 2.24) is 25.2 Å². The van der Waals surface area contributed by atoms with Gasteiger partial charge in [-0.3, -0.25) is 14.7 Å². The summed E-state index contributed by atoms with van der Waals surface area (Å²) in [4.78, 5) is 29.3. The number of halogens is 3. The number of rotatable bonds is 5. The number of aromatic nitrogens is 3. The van der Waals surface area contributed by atoms with E-state index in [0.29, 0.717) is 43.7 Å². The van der Waals surface area contributed by atoms with E-state index < -0.39 is 6.36 Å². The largest absolute Gasteiger partial charge is 0.573 e. The number of ether oxygens (including phenoxy) is 1. The van der Waals surface area contributed by atoms with Crippen LogP contribution in [0.3, 0.4) is 0 Å². The average molecular weight is 473 g/mol. The molecule has 2 saturated heterocycles. The molecule has 178 valence electrons. The van der Waals surface area contributed by atoms with Crippen LogP contribution in [-0.4, -0.2) is 69.6 Å². The second-order valence-electron chi connectivity index (χ2n) is 8.76. The number of nitrogens with zero attached hydrogens (tertiary/aromatic N) is 4. The molecule has 1 aromatic heterocycles. The molecule has 11 heteroatoms. The third kappa shape index (κ3) is 4.68. The average Bonchev–Trinajstić information content (AvgIpc) is 3.51. The number of carbonyl (C=O) groups is 2. The highest BCUT2D eigenvalue weighted by atomic mass is 19.4. The predicted molar refractivity (Wildman–Crippen MR) is 115 cm³/mol. The SMILES string of the molecule is O=C(CCc1ccc(OC(F)(F)F)cc1)N1CC2CN(C(=O)c3ccc4[nH]nnc4c3)CC2C1. The summed E-state index contributed by atoms with van der Waals surface area (Å²) in [6.07, 6.45) is -4.01. The number of amides is 2. The van der Waals surface area contributed by atoms with Crippen molar-refractivity contribution in [2.75, 3.05) is 26.2 Å². The van der Waals surface area contributed by atoms with Gasteiger partial charge in [0.1, 0.15) is 11.3 Å². The van der Waals surface area contributed by atoms with E-state index in [1.165, 1.54) is 24.3 Å². The number of benzene rings is 2. The highest BCUT2D eigenvalue weighted by Crippen LogP contribution is 2.32. The fraction of sp³-hybridized carbons (Fsp3) is 0.391. The van der Waals surface area contributed by atoms with E-state index >= 15 is 0 Å². The van der Waals surface area contributed by atoms with Crippen molar-refractivity contribution in [3.63, 3.8) is 0 Å². The van der Waals surface area contributed by atoms with Crippen LogP contribution in [0, 0.1) is 11.8 Å². The lowest BCUT2D eigenvalue weighted by Gasteiger charge is -2.22. The Bertz CT molecular complexity index is 1200. The van der Waals surface area contributed by atoms with Crippen LogP contribution < -0.4 is 4.74 Å². The van der Waals surface area contributed by atoms with Gasteiger partial charge in [-0.1, -0.05) is 17.3 Å². The Morgan fingerprint density at radius 3 is 2.35 bits per heavy atom. The van der Waals surface area contributed by atoms with Crippen LogP contribution >= 0.6 is 0 Å². The minimum Gasteiger partial charge on any atom is -0.406 e. The monoisotopic (exact) mass is 473 g/mol. The molecule has 2 aliphatic rings. The summed E-state index contributed by atoms with van der Waals surface area (Å²) < 4.78 is 40.7. The zero-order chi connectivity index (χ0) is 23.9. The molecule has 0 saturated carbocycles. The molecule has 2 aromatic carbocycles. The molecule has 0 radical (unpaired) electrons. The summed E-state index contributed by atoms with van der Waals surface area (Å²) in [6.45, 7) is 2.41. The minimum absolute atomic E-state index is 0.0133. The molecule has 2 aliphatic heterocycles. The molecule has 5 rings (SSSR count). The Morgan fingerprint density at radius 2 is 1.68 bits per heavy atom. The maximum atomic E-state index is 12.9. The maximum Gasteiger partial charge on any atom is 0.573 e. The van der Waals surface area contributed by atoms with Crippen LogP contribution in [-0.2, 0) is 11.2 Å². The highest BCUT2D eigenvalue weighted by molar-refractivity contribution is 5.97. The zero-order valence-electron chi connectivity index (χ0n) is 18.1. The van der Waals surface area contributed by atoms with Gasteiger partial charge >= 0.3 is 6.36 Å². The lowest BCUT2D eigenvalue weighted by molar-refractivity contribution is -0.274. The topological polar surface area (TPSA) is 91.4 Å². The smallest absolute Gasteiger partial charge is 0.406 e. The standard InChI is InChI=1S/C23H22F3N5O3/c24-23(25,26)34-18-5-1-14(2-6-18)3-8-21(32)30-10-16-12-31(13-17(16)11-30)22(33)15-4-7-19-20(9-15)28-29-27-19/h1-2,4-7,9,16-17H,3,8,10-13H2,(H,27,28,29). The number of nitrogens with one attached hydrogen (secondary N) is 1. The summed E-state index contributed by atoms with van der Waals surface area (Å²) in [5, 5.41) is 10.5. The van der Waals surface area contributed by atoms with E-state index in [4.69, 9.17) is 0 Å². The van der Waals surface area contributed by atoms with Crippen LogP contribution in [0.25, 0.3) is 11.0 Å². The Morgan fingerprint density at radius 1 is 1.00 bits per heavy atom. The quantitative estimate of drug-likeness (QED) is 0.615. The normalized spacial score (nSPS) is 20.1. The van der Waals surface area contributed by atoms with E-state index in [0.717, 1.165) is 11.1 Å². The first-order chi connectivity index (χ1) is 16.2. The Balaban J connectivity index is 1.11. The van der Waals surface area contributed by atoms with E-state index in [9.17, 15) is 22.8 Å². The van der Waals surface area contributed by atoms with Gasteiger partial charge in [0.2, 0.25) is 5.91 Å². The molecule has 2 amide bonds. The molecule has 2 fully saturated rings. The van der Waals surface area contributed by atoms with Gasteiger partial charge in [-0.15, -0.1) is 18.3 Å². The number of carbonyl (C=O) groups excluding carboxylic acids is 2. The summed E-state index contributed by atoms with van der Waals surface area (Å²) in [7, 11) is 0. The van der Waals surface area contributed by atoms with Crippen LogP contribution in [0.15, 0.2) is 42.5 Å². The second-order valence-corrected chi connectivity index (χ2v) is 8.76. The van der Waals surface area contributed by atoms with Gasteiger partial charge in [-0.05, 0) is 42.3 Å². The van der Waals surface area contributed by atoms with E-state index in [1.807, 2.05) is 9.80 Å². The molecule has 0 spiro atoms. The van der Waals surface area contributed by atoms with Crippen LogP contribution in [0.4, 0.5) is 13.2 Å². The number of aromatic amines is 1. The van der Waals surface area contributed by atoms with Crippen molar-refractivity contribution in [2.45, 2.75) is 19.2 Å². The number of hydrogen-bond acceptors (Lipinski definition) is 5. The fourth-order valence-electron chi connectivity index (χ4n) is 4.79. The van der Waals surface area contributed by atoms with Gasteiger partial charge in [-0.25, -0.2) is 0 Å². The molecular formula is C23H22F3N5O3. The van der Waals surface area contributed by atoms with Crippen LogP contribution in [0.2, 0.25) is 0 Å². The van der Waals surface area contributed by atoms with Crippen LogP contribution in [0.5, 0.6) is 5.75 Å². The second kappa shape index (κ2) is 8.62. The summed E-state index contributed by atoms with van der Waals surface area (Å²) in [6, 6.07) is 10.8. The maximum absolute atomic E-state index is 12.9. The summed E-state index contributed by atoms with van der Waals surface area (Å²) in [5.74, 6) is 0.162. The van der Waals surface area contributed by atoms with Gasteiger partial charge in [0, 0.05) is 50.0 Å². The lowest BCUT2D eigenvalue weighted by Crippen LogP contribution is -2.35. The molecule has 8 nitrogen and oxygen atoms in total. The third-order valence-corrected chi connectivity index (χ3v) is 6.48. The number of aryl methyl sites for hydroxylation is 1. The molecular weight excluding hydrogens is 451 g/mol.